The fraction of sp³-hybridized carbons (Fsp3) is 0.485. The fourth-order valence-corrected chi connectivity index (χ4v) is 6.86. The van der Waals surface area contributed by atoms with Gasteiger partial charge in [-0.15, -0.1) is 0 Å². The van der Waals surface area contributed by atoms with Crippen LogP contribution in [0.2, 0.25) is 0 Å². The third-order valence-electron chi connectivity index (χ3n) is 9.23. The van der Waals surface area contributed by atoms with Crippen molar-refractivity contribution in [2.75, 3.05) is 62.7 Å². The predicted molar refractivity (Wildman–Crippen MR) is 165 cm³/mol. The molecule has 0 aliphatic carbocycles. The lowest BCUT2D eigenvalue weighted by molar-refractivity contribution is -0.129. The van der Waals surface area contributed by atoms with Crippen LogP contribution in [0.5, 0.6) is 6.01 Å². The van der Waals surface area contributed by atoms with E-state index in [9.17, 15) is 9.18 Å². The highest BCUT2D eigenvalue weighted by molar-refractivity contribution is 5.97. The Hall–Kier alpha value is -3.72. The maximum Gasteiger partial charge on any atom is 0.318 e. The average Bonchev–Trinajstić information content (AvgIpc) is 3.27. The number of carbonyl (C=O) groups excluding carboxylic acids is 1. The molecule has 2 fully saturated rings. The van der Waals surface area contributed by atoms with E-state index in [1.54, 1.807) is 4.90 Å². The molecule has 3 aliphatic rings. The van der Waals surface area contributed by atoms with E-state index in [2.05, 4.69) is 78.6 Å². The zero-order valence-electron chi connectivity index (χ0n) is 25.0. The van der Waals surface area contributed by atoms with Gasteiger partial charge in [0.2, 0.25) is 0 Å². The number of hydrogen-bond acceptors (Lipinski definition) is 7. The molecule has 4 heterocycles. The Bertz CT molecular complexity index is 1490. The van der Waals surface area contributed by atoms with E-state index in [4.69, 9.17) is 14.7 Å². The highest BCUT2D eigenvalue weighted by Gasteiger charge is 2.33. The third-order valence-corrected chi connectivity index (χ3v) is 9.23. The number of aryl methyl sites for hydroxylation is 1. The van der Waals surface area contributed by atoms with E-state index in [0.29, 0.717) is 38.3 Å². The van der Waals surface area contributed by atoms with Gasteiger partial charge in [-0.2, -0.15) is 9.97 Å². The summed E-state index contributed by atoms with van der Waals surface area (Å²) in [5.41, 5.74) is 4.69. The van der Waals surface area contributed by atoms with E-state index >= 15 is 0 Å². The normalized spacial score (nSPS) is 21.4. The Kier molecular flexibility index (Phi) is 8.03. The van der Waals surface area contributed by atoms with Gasteiger partial charge < -0.3 is 24.3 Å². The van der Waals surface area contributed by atoms with Crippen molar-refractivity contribution in [3.63, 3.8) is 0 Å². The molecule has 0 saturated carbocycles. The Morgan fingerprint density at radius 2 is 1.86 bits per heavy atom. The first-order chi connectivity index (χ1) is 20.3. The molecular weight excluding hydrogens is 531 g/mol. The number of halogens is 1. The van der Waals surface area contributed by atoms with Crippen LogP contribution in [0.3, 0.4) is 0 Å². The summed E-state index contributed by atoms with van der Waals surface area (Å²) < 4.78 is 19.9. The lowest BCUT2D eigenvalue weighted by Gasteiger charge is -2.41. The van der Waals surface area contributed by atoms with Crippen LogP contribution in [0, 0.1) is 6.92 Å². The van der Waals surface area contributed by atoms with Gasteiger partial charge in [-0.3, -0.25) is 4.79 Å². The van der Waals surface area contributed by atoms with Crippen molar-refractivity contribution in [2.45, 2.75) is 51.6 Å². The van der Waals surface area contributed by atoms with E-state index in [1.165, 1.54) is 28.4 Å². The van der Waals surface area contributed by atoms with Crippen LogP contribution in [0.4, 0.5) is 15.9 Å². The maximum atomic E-state index is 13.6. The van der Waals surface area contributed by atoms with E-state index in [1.807, 2.05) is 0 Å². The summed E-state index contributed by atoms with van der Waals surface area (Å²) in [5.74, 6) is -0.666. The zero-order valence-corrected chi connectivity index (χ0v) is 25.0. The molecule has 6 rings (SSSR count). The Morgan fingerprint density at radius 3 is 2.60 bits per heavy atom. The molecule has 2 aromatic carbocycles. The molecule has 0 N–H and O–H groups in total. The molecule has 9 heteroatoms. The molecule has 2 atom stereocenters. The summed E-state index contributed by atoms with van der Waals surface area (Å²) in [6.07, 6.45) is 3.86. The molecule has 1 amide bonds. The van der Waals surface area contributed by atoms with E-state index in [-0.39, 0.29) is 6.04 Å². The minimum Gasteiger partial charge on any atom is -0.462 e. The molecule has 3 aliphatic heterocycles. The first-order valence-corrected chi connectivity index (χ1v) is 15.2. The van der Waals surface area contributed by atoms with Gasteiger partial charge in [0.15, 0.2) is 5.83 Å². The number of benzene rings is 2. The monoisotopic (exact) mass is 572 g/mol. The van der Waals surface area contributed by atoms with Gasteiger partial charge in [-0.25, -0.2) is 4.39 Å². The zero-order chi connectivity index (χ0) is 29.4. The number of fused-ring (bicyclic) bond motifs is 2. The summed E-state index contributed by atoms with van der Waals surface area (Å²) >= 11 is 0. The molecule has 2 saturated heterocycles. The Balaban J connectivity index is 1.31. The van der Waals surface area contributed by atoms with Crippen molar-refractivity contribution in [3.8, 4) is 6.01 Å². The van der Waals surface area contributed by atoms with Crippen LogP contribution < -0.4 is 14.5 Å². The number of ether oxygens (including phenoxy) is 1. The number of likely N-dealkylation sites (tertiary alicyclic amines) is 1. The van der Waals surface area contributed by atoms with E-state index in [0.717, 1.165) is 56.0 Å². The van der Waals surface area contributed by atoms with Crippen molar-refractivity contribution >= 4 is 28.2 Å². The second-order valence-electron chi connectivity index (χ2n) is 12.0. The third kappa shape index (κ3) is 5.54. The molecule has 222 valence electrons. The number of likely N-dealkylation sites (N-methyl/N-ethyl adjacent to an activating group) is 1. The first kappa shape index (κ1) is 28.4. The van der Waals surface area contributed by atoms with Crippen LogP contribution in [-0.4, -0.2) is 90.7 Å². The lowest BCUT2D eigenvalue weighted by Crippen LogP contribution is -2.54. The Morgan fingerprint density at radius 1 is 1.07 bits per heavy atom. The minimum atomic E-state index is -0.914. The number of nitrogens with zero attached hydrogens (tertiary/aromatic N) is 6. The van der Waals surface area contributed by atoms with Crippen molar-refractivity contribution in [2.24, 2.45) is 0 Å². The van der Waals surface area contributed by atoms with Crippen LogP contribution in [0.25, 0.3) is 10.8 Å². The van der Waals surface area contributed by atoms with Crippen molar-refractivity contribution < 1.29 is 13.9 Å². The number of piperazine rings is 1. The van der Waals surface area contributed by atoms with Gasteiger partial charge in [0, 0.05) is 67.9 Å². The summed E-state index contributed by atoms with van der Waals surface area (Å²) in [7, 11) is 2.14. The highest BCUT2D eigenvalue weighted by Crippen LogP contribution is 2.34. The lowest BCUT2D eigenvalue weighted by atomic mass is 10.0. The molecule has 1 unspecified atom stereocenters. The number of aromatic nitrogens is 2. The maximum absolute atomic E-state index is 13.6. The molecule has 42 heavy (non-hydrogen) atoms. The summed E-state index contributed by atoms with van der Waals surface area (Å²) in [6, 6.07) is 13.7. The number of amides is 1. The van der Waals surface area contributed by atoms with Gasteiger partial charge in [-0.05, 0) is 63.7 Å². The van der Waals surface area contributed by atoms with Crippen LogP contribution in [0.1, 0.15) is 36.6 Å². The van der Waals surface area contributed by atoms with Crippen LogP contribution in [0.15, 0.2) is 48.8 Å². The molecule has 8 nitrogen and oxygen atoms in total. The molecule has 0 radical (unpaired) electrons. The quantitative estimate of drug-likeness (QED) is 0.402. The summed E-state index contributed by atoms with van der Waals surface area (Å²) in [6.45, 7) is 12.2. The van der Waals surface area contributed by atoms with Gasteiger partial charge in [0.25, 0.3) is 5.91 Å². The van der Waals surface area contributed by atoms with Crippen molar-refractivity contribution in [1.82, 2.24) is 19.8 Å². The summed E-state index contributed by atoms with van der Waals surface area (Å²) in [4.78, 5) is 30.9. The predicted octanol–water partition coefficient (Wildman–Crippen LogP) is 4.54. The second kappa shape index (κ2) is 11.9. The largest absolute Gasteiger partial charge is 0.462 e. The van der Waals surface area contributed by atoms with Crippen LogP contribution in [-0.2, 0) is 17.6 Å². The Labute approximate surface area is 247 Å². The van der Waals surface area contributed by atoms with Gasteiger partial charge >= 0.3 is 6.01 Å². The minimum absolute atomic E-state index is 0.0464. The van der Waals surface area contributed by atoms with Gasteiger partial charge in [0.05, 0.1) is 5.69 Å². The van der Waals surface area contributed by atoms with Gasteiger partial charge in [0.1, 0.15) is 12.4 Å². The number of rotatable bonds is 6. The van der Waals surface area contributed by atoms with Crippen molar-refractivity contribution in [1.29, 1.82) is 0 Å². The molecular formula is C33H41FN6O2. The second-order valence-corrected chi connectivity index (χ2v) is 12.0. The fourth-order valence-electron chi connectivity index (χ4n) is 6.86. The topological polar surface area (TPSA) is 65.0 Å². The standard InChI is InChI=1S/C33H41FN6O2/c1-22-8-5-9-25-10-6-12-29(30(22)25)38-16-13-27-28(14-17-38)35-33(42-21-26-11-7-15-37(26)4)36-31(27)40-19-18-39(20-23(40)2)32(41)24(3)34/h5-6,8-10,12,23,26H,3,7,11,13-21H2,1-2,4H3/t23-,26?/m0/s1. The molecule has 3 aromatic rings. The highest BCUT2D eigenvalue weighted by atomic mass is 19.1. The summed E-state index contributed by atoms with van der Waals surface area (Å²) in [5, 5.41) is 2.55. The van der Waals surface area contributed by atoms with E-state index < -0.39 is 11.7 Å². The van der Waals surface area contributed by atoms with Gasteiger partial charge in [-0.1, -0.05) is 36.9 Å². The number of carbonyl (C=O) groups is 1. The molecule has 0 spiro atoms. The smallest absolute Gasteiger partial charge is 0.318 e. The molecule has 1 aromatic heterocycles. The van der Waals surface area contributed by atoms with Crippen LogP contribution >= 0.6 is 0 Å². The SMILES string of the molecule is C=C(F)C(=O)N1CCN(c2nc(OCC3CCCN3C)nc3c2CCN(c2cccc4cccc(C)c24)CC3)[C@@H](C)C1. The number of hydrogen-bond donors (Lipinski definition) is 0. The van der Waals surface area contributed by atoms with Crippen molar-refractivity contribution in [3.05, 3.63) is 65.6 Å². The molecule has 0 bridgehead atoms. The average molecular weight is 573 g/mol. The first-order valence-electron chi connectivity index (χ1n) is 15.2. The number of anilines is 2.